The smallest absolute Gasteiger partial charge is 0.197 e. The summed E-state index contributed by atoms with van der Waals surface area (Å²) in [6.07, 6.45) is -16.9. The number of aromatic hydroxyl groups is 3. The normalized spacial score (nSPS) is 34.1. The van der Waals surface area contributed by atoms with Gasteiger partial charge in [0.05, 0.1) is 23.8 Å². The predicted octanol–water partition coefficient (Wildman–Crippen LogP) is -1.37. The lowest BCUT2D eigenvalue weighted by Crippen LogP contribution is -2.55. The van der Waals surface area contributed by atoms with Crippen molar-refractivity contribution >= 4 is 11.0 Å². The van der Waals surface area contributed by atoms with Crippen LogP contribution in [0.4, 0.5) is 0 Å². The summed E-state index contributed by atoms with van der Waals surface area (Å²) in [6, 6.07) is 6.48. The maximum atomic E-state index is 13.4. The van der Waals surface area contributed by atoms with Crippen LogP contribution in [0.3, 0.4) is 0 Å². The zero-order chi connectivity index (χ0) is 29.9. The minimum atomic E-state index is -1.97. The highest BCUT2D eigenvalue weighted by Crippen LogP contribution is 2.50. The van der Waals surface area contributed by atoms with E-state index >= 15 is 0 Å². The average molecular weight is 579 g/mol. The monoisotopic (exact) mass is 578 g/mol. The van der Waals surface area contributed by atoms with E-state index in [1.807, 2.05) is 0 Å². The topological polar surface area (TPSA) is 251 Å². The molecular weight excluding hydrogens is 548 g/mol. The lowest BCUT2D eigenvalue weighted by Gasteiger charge is -2.42. The van der Waals surface area contributed by atoms with E-state index in [4.69, 9.17) is 13.9 Å². The molecule has 222 valence electrons. The van der Waals surface area contributed by atoms with Gasteiger partial charge in [0.25, 0.3) is 0 Å². The second-order valence-corrected chi connectivity index (χ2v) is 10.2. The number of phenols is 3. The van der Waals surface area contributed by atoms with Crippen LogP contribution in [0.2, 0.25) is 0 Å². The van der Waals surface area contributed by atoms with E-state index in [1.54, 1.807) is 0 Å². The Morgan fingerprint density at radius 1 is 0.732 bits per heavy atom. The van der Waals surface area contributed by atoms with Crippen LogP contribution in [0.25, 0.3) is 22.3 Å². The number of rotatable bonds is 4. The molecule has 2 saturated heterocycles. The molecule has 3 heterocycles. The van der Waals surface area contributed by atoms with E-state index in [0.717, 1.165) is 6.07 Å². The molecule has 10 atom stereocenters. The number of phenolic OH excluding ortho intramolecular Hbond substituents is 3. The molecule has 0 saturated carbocycles. The van der Waals surface area contributed by atoms with Crippen LogP contribution in [0.15, 0.2) is 39.5 Å². The number of benzene rings is 2. The summed E-state index contributed by atoms with van der Waals surface area (Å²) >= 11 is 0. The van der Waals surface area contributed by atoms with Crippen molar-refractivity contribution in [2.45, 2.75) is 68.0 Å². The van der Waals surface area contributed by atoms with Gasteiger partial charge in [-0.05, 0) is 31.2 Å². The van der Waals surface area contributed by atoms with E-state index in [0.29, 0.717) is 5.56 Å². The van der Waals surface area contributed by atoms with E-state index in [1.165, 1.54) is 31.2 Å². The first-order valence-corrected chi connectivity index (χ1v) is 12.7. The summed E-state index contributed by atoms with van der Waals surface area (Å²) in [5.41, 5.74) is -2.20. The fourth-order valence-electron chi connectivity index (χ4n) is 5.34. The third kappa shape index (κ3) is 4.72. The van der Waals surface area contributed by atoms with Gasteiger partial charge < -0.3 is 65.0 Å². The minimum absolute atomic E-state index is 0.0774. The van der Waals surface area contributed by atoms with Crippen molar-refractivity contribution in [3.8, 4) is 28.6 Å². The molecule has 41 heavy (non-hydrogen) atoms. The van der Waals surface area contributed by atoms with Crippen LogP contribution >= 0.6 is 0 Å². The number of hydrogen-bond donors (Lipinski definition) is 10. The zero-order valence-electron chi connectivity index (χ0n) is 21.5. The highest BCUT2D eigenvalue weighted by molar-refractivity contribution is 5.92. The van der Waals surface area contributed by atoms with Crippen molar-refractivity contribution < 1.29 is 65.0 Å². The molecule has 2 aliphatic rings. The second-order valence-electron chi connectivity index (χ2n) is 10.2. The Labute approximate surface area is 231 Å². The van der Waals surface area contributed by atoms with Gasteiger partial charge in [0.1, 0.15) is 83.3 Å². The summed E-state index contributed by atoms with van der Waals surface area (Å²) < 4.78 is 17.2. The molecule has 0 radical (unpaired) electrons. The number of aliphatic hydroxyl groups excluding tert-OH is 7. The van der Waals surface area contributed by atoms with Gasteiger partial charge in [0.2, 0.25) is 0 Å². The van der Waals surface area contributed by atoms with Crippen molar-refractivity contribution in [2.24, 2.45) is 0 Å². The third-order valence-electron chi connectivity index (χ3n) is 7.66. The molecule has 2 aliphatic heterocycles. The summed E-state index contributed by atoms with van der Waals surface area (Å²) in [5, 5.41) is 104. The molecule has 1 aromatic heterocycles. The highest BCUT2D eigenvalue weighted by atomic mass is 16.5. The first kappa shape index (κ1) is 29.2. The highest BCUT2D eigenvalue weighted by Gasteiger charge is 2.49. The van der Waals surface area contributed by atoms with Gasteiger partial charge in [-0.2, -0.15) is 0 Å². The fraction of sp³-hybridized carbons (Fsp3) is 0.444. The molecule has 0 unspecified atom stereocenters. The summed E-state index contributed by atoms with van der Waals surface area (Å²) in [5.74, 6) is -2.01. The van der Waals surface area contributed by atoms with Crippen molar-refractivity contribution in [1.82, 2.24) is 0 Å². The lowest BCUT2D eigenvalue weighted by molar-refractivity contribution is -0.232. The molecule has 5 rings (SSSR count). The van der Waals surface area contributed by atoms with Crippen LogP contribution in [0.5, 0.6) is 17.2 Å². The summed E-state index contributed by atoms with van der Waals surface area (Å²) in [7, 11) is 0. The Hall–Kier alpha value is -3.31. The quantitative estimate of drug-likeness (QED) is 0.172. The lowest BCUT2D eigenvalue weighted by atomic mass is 9.85. The Kier molecular flexibility index (Phi) is 7.71. The van der Waals surface area contributed by atoms with Gasteiger partial charge in [0.15, 0.2) is 11.0 Å². The molecule has 14 nitrogen and oxygen atoms in total. The average Bonchev–Trinajstić information content (AvgIpc) is 2.94. The van der Waals surface area contributed by atoms with Crippen LogP contribution in [-0.4, -0.2) is 107 Å². The SMILES string of the molecule is C[C@H]1O[C@@H](c2c(O)c([C@@H]3O[C@@H](CO)[C@@H](O)[C@H](O)[C@H]3O)c3oc(-c4ccc(O)cc4)cc(=O)c3c2O)[C@H](O)[C@@H](O)[C@H]1O. The van der Waals surface area contributed by atoms with Gasteiger partial charge >= 0.3 is 0 Å². The molecule has 0 bridgehead atoms. The molecular formula is C27H30O14. The molecule has 10 N–H and O–H groups in total. The van der Waals surface area contributed by atoms with E-state index in [9.17, 15) is 55.9 Å². The van der Waals surface area contributed by atoms with Gasteiger partial charge in [0, 0.05) is 11.6 Å². The van der Waals surface area contributed by atoms with Gasteiger partial charge in [-0.1, -0.05) is 0 Å². The van der Waals surface area contributed by atoms with Crippen LogP contribution in [0.1, 0.15) is 30.3 Å². The standard InChI is InChI=1S/C27H30O14/c1-8-17(31)21(35)23(37)26(39-8)15-19(33)14-11(30)6-12(9-2-4-10(29)5-3-9)40-25(14)16(20(15)34)27-24(38)22(36)18(32)13(7-28)41-27/h2-6,8,13,17-18,21-24,26-29,31-38H,7H2,1H3/t8-,13+,17+,18-,21+,22+,23-,24-,26+,27+/m1/s1. The number of hydrogen-bond acceptors (Lipinski definition) is 14. The Balaban J connectivity index is 1.82. The number of aliphatic hydroxyl groups is 7. The van der Waals surface area contributed by atoms with Crippen LogP contribution in [-0.2, 0) is 9.47 Å². The second kappa shape index (κ2) is 10.8. The Morgan fingerprint density at radius 2 is 1.32 bits per heavy atom. The van der Waals surface area contributed by atoms with E-state index in [-0.39, 0.29) is 11.5 Å². The molecule has 3 aromatic rings. The summed E-state index contributed by atoms with van der Waals surface area (Å²) in [4.78, 5) is 13.4. The number of ether oxygens (including phenoxy) is 2. The van der Waals surface area contributed by atoms with Gasteiger partial charge in [-0.3, -0.25) is 4.79 Å². The number of fused-ring (bicyclic) bond motifs is 1. The predicted molar refractivity (Wildman–Crippen MR) is 137 cm³/mol. The van der Waals surface area contributed by atoms with Crippen molar-refractivity contribution in [2.75, 3.05) is 6.61 Å². The maximum Gasteiger partial charge on any atom is 0.197 e. The van der Waals surface area contributed by atoms with Gasteiger partial charge in [-0.25, -0.2) is 0 Å². The molecule has 0 amide bonds. The minimum Gasteiger partial charge on any atom is -0.508 e. The molecule has 2 aromatic carbocycles. The third-order valence-corrected chi connectivity index (χ3v) is 7.66. The Bertz CT molecular complexity index is 1480. The molecule has 0 spiro atoms. The first-order chi connectivity index (χ1) is 19.4. The summed E-state index contributed by atoms with van der Waals surface area (Å²) in [6.45, 7) is 0.540. The van der Waals surface area contributed by atoms with Crippen molar-refractivity contribution in [1.29, 1.82) is 0 Å². The fourth-order valence-corrected chi connectivity index (χ4v) is 5.34. The van der Waals surface area contributed by atoms with Crippen molar-refractivity contribution in [3.63, 3.8) is 0 Å². The first-order valence-electron chi connectivity index (χ1n) is 12.7. The zero-order valence-corrected chi connectivity index (χ0v) is 21.5. The maximum absolute atomic E-state index is 13.4. The van der Waals surface area contributed by atoms with Crippen molar-refractivity contribution in [3.05, 3.63) is 51.7 Å². The van der Waals surface area contributed by atoms with Gasteiger partial charge in [-0.15, -0.1) is 0 Å². The van der Waals surface area contributed by atoms with E-state index < -0.39 is 107 Å². The van der Waals surface area contributed by atoms with Crippen LogP contribution in [0, 0.1) is 0 Å². The molecule has 0 aliphatic carbocycles. The van der Waals surface area contributed by atoms with E-state index in [2.05, 4.69) is 0 Å². The Morgan fingerprint density at radius 3 is 1.93 bits per heavy atom. The van der Waals surface area contributed by atoms with Crippen LogP contribution < -0.4 is 5.43 Å². The largest absolute Gasteiger partial charge is 0.508 e. The molecule has 14 heteroatoms. The molecule has 2 fully saturated rings.